The first-order valence-electron chi connectivity index (χ1n) is 8.22. The molecule has 6 heteroatoms. The van der Waals surface area contributed by atoms with Crippen LogP contribution in [0.25, 0.3) is 0 Å². The maximum absolute atomic E-state index is 11.9. The van der Waals surface area contributed by atoms with Gasteiger partial charge in [-0.1, -0.05) is 13.8 Å². The number of amides is 3. The molecular weight excluding hydrogens is 306 g/mol. The van der Waals surface area contributed by atoms with Crippen molar-refractivity contribution in [3.8, 4) is 0 Å². The number of hydrogen-bond donors (Lipinski definition) is 2. The highest BCUT2D eigenvalue weighted by Crippen LogP contribution is 2.18. The normalized spacial score (nSPS) is 10.4. The van der Waals surface area contributed by atoms with Crippen molar-refractivity contribution in [3.05, 3.63) is 24.3 Å². The molecule has 6 nitrogen and oxygen atoms in total. The number of anilines is 2. The predicted molar refractivity (Wildman–Crippen MR) is 95.9 cm³/mol. The number of rotatable bonds is 8. The average Bonchev–Trinajstić information content (AvgIpc) is 2.47. The van der Waals surface area contributed by atoms with Gasteiger partial charge in [-0.15, -0.1) is 0 Å². The molecule has 0 unspecified atom stereocenters. The highest BCUT2D eigenvalue weighted by molar-refractivity contribution is 5.93. The van der Waals surface area contributed by atoms with Crippen LogP contribution in [0.5, 0.6) is 0 Å². The molecule has 0 radical (unpaired) electrons. The minimum Gasteiger partial charge on any atom is -0.356 e. The Bertz CT molecular complexity index is 567. The lowest BCUT2D eigenvalue weighted by atomic mass is 10.1. The first-order valence-corrected chi connectivity index (χ1v) is 8.22. The number of nitrogens with one attached hydrogen (secondary N) is 2. The maximum Gasteiger partial charge on any atom is 0.223 e. The summed E-state index contributed by atoms with van der Waals surface area (Å²) >= 11 is 0. The topological polar surface area (TPSA) is 78.5 Å². The second kappa shape index (κ2) is 9.70. The fourth-order valence-electron chi connectivity index (χ4n) is 2.20. The molecule has 0 saturated carbocycles. The van der Waals surface area contributed by atoms with E-state index in [9.17, 15) is 14.4 Å². The zero-order chi connectivity index (χ0) is 18.1. The minimum atomic E-state index is -0.149. The molecule has 132 valence electrons. The molecular formula is C18H27N3O3. The van der Waals surface area contributed by atoms with Gasteiger partial charge in [-0.2, -0.15) is 0 Å². The number of benzene rings is 1. The zero-order valence-electron chi connectivity index (χ0n) is 14.9. The Morgan fingerprint density at radius 2 is 1.71 bits per heavy atom. The standard InChI is InChI=1S/C18H27N3O3/c1-13(2)9-11-19-18(24)10-12-21(15(4)23)17-7-5-16(6-8-17)20-14(3)22/h5-8,13H,9-12H2,1-4H3,(H,19,24)(H,20,22). The van der Waals surface area contributed by atoms with Crippen molar-refractivity contribution in [2.75, 3.05) is 23.3 Å². The van der Waals surface area contributed by atoms with Crippen molar-refractivity contribution in [1.82, 2.24) is 5.32 Å². The van der Waals surface area contributed by atoms with E-state index in [0.717, 1.165) is 6.42 Å². The fraction of sp³-hybridized carbons (Fsp3) is 0.500. The van der Waals surface area contributed by atoms with Crippen LogP contribution in [0, 0.1) is 5.92 Å². The number of carbonyl (C=O) groups is 3. The van der Waals surface area contributed by atoms with E-state index in [1.54, 1.807) is 29.2 Å². The Hall–Kier alpha value is -2.37. The van der Waals surface area contributed by atoms with Gasteiger partial charge in [0.1, 0.15) is 0 Å². The Labute approximate surface area is 143 Å². The van der Waals surface area contributed by atoms with Crippen LogP contribution in [0.4, 0.5) is 11.4 Å². The molecule has 24 heavy (non-hydrogen) atoms. The van der Waals surface area contributed by atoms with Gasteiger partial charge < -0.3 is 15.5 Å². The van der Waals surface area contributed by atoms with Gasteiger partial charge in [0.2, 0.25) is 17.7 Å². The van der Waals surface area contributed by atoms with Gasteiger partial charge in [-0.05, 0) is 36.6 Å². The summed E-state index contributed by atoms with van der Waals surface area (Å²) in [5, 5.41) is 5.54. The predicted octanol–water partition coefficient (Wildman–Crippen LogP) is 2.55. The van der Waals surface area contributed by atoms with Crippen LogP contribution < -0.4 is 15.5 Å². The molecule has 0 aromatic heterocycles. The number of carbonyl (C=O) groups excluding carboxylic acids is 3. The summed E-state index contributed by atoms with van der Waals surface area (Å²) in [6.07, 6.45) is 1.19. The molecule has 1 aromatic carbocycles. The van der Waals surface area contributed by atoms with E-state index >= 15 is 0 Å². The summed E-state index contributed by atoms with van der Waals surface area (Å²) in [6, 6.07) is 6.97. The van der Waals surface area contributed by atoms with Gasteiger partial charge in [-0.25, -0.2) is 0 Å². The lowest BCUT2D eigenvalue weighted by Crippen LogP contribution is -2.34. The van der Waals surface area contributed by atoms with Crippen molar-refractivity contribution in [3.63, 3.8) is 0 Å². The molecule has 0 atom stereocenters. The lowest BCUT2D eigenvalue weighted by Gasteiger charge is -2.21. The SMILES string of the molecule is CC(=O)Nc1ccc(N(CCC(=O)NCCC(C)C)C(C)=O)cc1. The Kier molecular flexibility index (Phi) is 7.95. The summed E-state index contributed by atoms with van der Waals surface area (Å²) in [5.41, 5.74) is 1.37. The van der Waals surface area contributed by atoms with E-state index in [2.05, 4.69) is 24.5 Å². The number of hydrogen-bond acceptors (Lipinski definition) is 3. The van der Waals surface area contributed by atoms with E-state index in [1.807, 2.05) is 0 Å². The molecule has 3 amide bonds. The van der Waals surface area contributed by atoms with Gasteiger partial charge in [0.25, 0.3) is 0 Å². The van der Waals surface area contributed by atoms with E-state index in [4.69, 9.17) is 0 Å². The van der Waals surface area contributed by atoms with Gasteiger partial charge >= 0.3 is 0 Å². The van der Waals surface area contributed by atoms with Crippen LogP contribution in [-0.4, -0.2) is 30.8 Å². The van der Waals surface area contributed by atoms with Crippen molar-refractivity contribution >= 4 is 29.1 Å². The first kappa shape index (κ1) is 19.7. The van der Waals surface area contributed by atoms with Crippen LogP contribution in [0.2, 0.25) is 0 Å². The fourth-order valence-corrected chi connectivity index (χ4v) is 2.20. The number of nitrogens with zero attached hydrogens (tertiary/aromatic N) is 1. The highest BCUT2D eigenvalue weighted by Gasteiger charge is 2.13. The summed E-state index contributed by atoms with van der Waals surface area (Å²) in [4.78, 5) is 36.3. The Balaban J connectivity index is 2.59. The smallest absolute Gasteiger partial charge is 0.223 e. The quantitative estimate of drug-likeness (QED) is 0.767. The monoisotopic (exact) mass is 333 g/mol. The molecule has 0 bridgehead atoms. The molecule has 2 N–H and O–H groups in total. The molecule has 0 aliphatic heterocycles. The van der Waals surface area contributed by atoms with Crippen molar-refractivity contribution in [2.24, 2.45) is 5.92 Å². The van der Waals surface area contributed by atoms with Crippen molar-refractivity contribution in [2.45, 2.75) is 40.5 Å². The van der Waals surface area contributed by atoms with Crippen LogP contribution >= 0.6 is 0 Å². The molecule has 1 rings (SSSR count). The second-order valence-electron chi connectivity index (χ2n) is 6.18. The van der Waals surface area contributed by atoms with Crippen molar-refractivity contribution in [1.29, 1.82) is 0 Å². The molecule has 0 heterocycles. The summed E-state index contributed by atoms with van der Waals surface area (Å²) < 4.78 is 0. The molecule has 1 aromatic rings. The van der Waals surface area contributed by atoms with Crippen LogP contribution in [0.1, 0.15) is 40.5 Å². The van der Waals surface area contributed by atoms with E-state index in [1.165, 1.54) is 13.8 Å². The van der Waals surface area contributed by atoms with Gasteiger partial charge in [0.05, 0.1) is 0 Å². The summed E-state index contributed by atoms with van der Waals surface area (Å²) in [7, 11) is 0. The van der Waals surface area contributed by atoms with Crippen LogP contribution in [-0.2, 0) is 14.4 Å². The van der Waals surface area contributed by atoms with E-state index in [0.29, 0.717) is 30.4 Å². The molecule has 0 spiro atoms. The maximum atomic E-state index is 11.9. The Morgan fingerprint density at radius 3 is 2.21 bits per heavy atom. The largest absolute Gasteiger partial charge is 0.356 e. The second-order valence-corrected chi connectivity index (χ2v) is 6.18. The van der Waals surface area contributed by atoms with Crippen LogP contribution in [0.15, 0.2) is 24.3 Å². The van der Waals surface area contributed by atoms with E-state index < -0.39 is 0 Å². The highest BCUT2D eigenvalue weighted by atomic mass is 16.2. The Morgan fingerprint density at radius 1 is 1.08 bits per heavy atom. The van der Waals surface area contributed by atoms with Gasteiger partial charge in [0.15, 0.2) is 0 Å². The zero-order valence-corrected chi connectivity index (χ0v) is 14.9. The van der Waals surface area contributed by atoms with Gasteiger partial charge in [-0.3, -0.25) is 14.4 Å². The molecule has 0 aliphatic carbocycles. The lowest BCUT2D eigenvalue weighted by molar-refractivity contribution is -0.121. The first-order chi connectivity index (χ1) is 11.3. The van der Waals surface area contributed by atoms with Crippen molar-refractivity contribution < 1.29 is 14.4 Å². The minimum absolute atomic E-state index is 0.0585. The molecule has 0 saturated heterocycles. The third-order valence-corrected chi connectivity index (χ3v) is 3.49. The third kappa shape index (κ3) is 7.26. The summed E-state index contributed by atoms with van der Waals surface area (Å²) in [6.45, 7) is 8.10. The summed E-state index contributed by atoms with van der Waals surface area (Å²) in [5.74, 6) is 0.208. The average molecular weight is 333 g/mol. The van der Waals surface area contributed by atoms with Crippen LogP contribution in [0.3, 0.4) is 0 Å². The molecule has 0 aliphatic rings. The molecule has 0 fully saturated rings. The van der Waals surface area contributed by atoms with E-state index in [-0.39, 0.29) is 24.1 Å². The third-order valence-electron chi connectivity index (χ3n) is 3.49. The van der Waals surface area contributed by atoms with Gasteiger partial charge in [0, 0.05) is 44.7 Å².